The van der Waals surface area contributed by atoms with E-state index in [1.165, 1.54) is 0 Å². The zero-order valence-corrected chi connectivity index (χ0v) is 6.98. The van der Waals surface area contributed by atoms with Crippen LogP contribution in [-0.2, 0) is 0 Å². The summed E-state index contributed by atoms with van der Waals surface area (Å²) in [5.74, 6) is 0. The highest BCUT2D eigenvalue weighted by atomic mass is 32.1. The van der Waals surface area contributed by atoms with Crippen LogP contribution >= 0.6 is 12.6 Å². The van der Waals surface area contributed by atoms with E-state index in [1.807, 2.05) is 0 Å². The van der Waals surface area contributed by atoms with E-state index < -0.39 is 17.6 Å². The van der Waals surface area contributed by atoms with Gasteiger partial charge in [0.25, 0.3) is 0 Å². The Labute approximate surface area is 70.9 Å². The number of hydrogen-bond acceptors (Lipinski definition) is 5. The van der Waals surface area contributed by atoms with Crippen molar-refractivity contribution in [2.45, 2.75) is 30.5 Å². The zero-order valence-electron chi connectivity index (χ0n) is 6.09. The Morgan fingerprint density at radius 2 is 1.73 bits per heavy atom. The lowest BCUT2D eigenvalue weighted by atomic mass is 10.1. The molecular formula is C6H14O4S. The van der Waals surface area contributed by atoms with Gasteiger partial charge in [0.15, 0.2) is 0 Å². The highest BCUT2D eigenvalue weighted by molar-refractivity contribution is 7.80. The first kappa shape index (κ1) is 11.2. The summed E-state index contributed by atoms with van der Waals surface area (Å²) in [4.78, 5) is 0. The summed E-state index contributed by atoms with van der Waals surface area (Å²) < 4.78 is 0. The molecule has 4 nitrogen and oxygen atoms in total. The molecule has 0 saturated carbocycles. The molecule has 0 aliphatic rings. The molecule has 0 aliphatic carbocycles. The van der Waals surface area contributed by atoms with Gasteiger partial charge in [-0.05, 0) is 12.8 Å². The normalized spacial score (nSPS) is 19.4. The van der Waals surface area contributed by atoms with Crippen LogP contribution in [0.3, 0.4) is 0 Å². The topological polar surface area (TPSA) is 80.9 Å². The van der Waals surface area contributed by atoms with E-state index in [9.17, 15) is 0 Å². The lowest BCUT2D eigenvalue weighted by Crippen LogP contribution is -2.34. The molecule has 3 atom stereocenters. The third kappa shape index (κ3) is 4.60. The molecule has 68 valence electrons. The fraction of sp³-hybridized carbons (Fsp3) is 1.00. The van der Waals surface area contributed by atoms with Crippen molar-refractivity contribution in [1.82, 2.24) is 0 Å². The van der Waals surface area contributed by atoms with Gasteiger partial charge in [0.2, 0.25) is 0 Å². The second-order valence-corrected chi connectivity index (χ2v) is 2.87. The van der Waals surface area contributed by atoms with Crippen molar-refractivity contribution in [1.29, 1.82) is 0 Å². The summed E-state index contributed by atoms with van der Waals surface area (Å²) in [6, 6.07) is 0. The molecule has 5 heteroatoms. The van der Waals surface area contributed by atoms with Gasteiger partial charge >= 0.3 is 0 Å². The van der Waals surface area contributed by atoms with Gasteiger partial charge in [0.1, 0.15) is 11.5 Å². The minimum atomic E-state index is -1.25. The summed E-state index contributed by atoms with van der Waals surface area (Å²) in [6.07, 6.45) is -1.60. The fourth-order valence-corrected chi connectivity index (χ4v) is 0.869. The van der Waals surface area contributed by atoms with Gasteiger partial charge in [-0.3, -0.25) is 0 Å². The molecule has 0 spiro atoms. The SMILES string of the molecule is OCCCC(O)C(O)C(O)S. The Balaban J connectivity index is 3.55. The largest absolute Gasteiger partial charge is 0.396 e. The minimum Gasteiger partial charge on any atom is -0.396 e. The van der Waals surface area contributed by atoms with Gasteiger partial charge in [0.05, 0.1) is 6.10 Å². The molecule has 11 heavy (non-hydrogen) atoms. The quantitative estimate of drug-likeness (QED) is 0.271. The van der Waals surface area contributed by atoms with Gasteiger partial charge in [0, 0.05) is 6.61 Å². The first-order valence-electron chi connectivity index (χ1n) is 3.42. The van der Waals surface area contributed by atoms with Crippen LogP contribution in [0.5, 0.6) is 0 Å². The van der Waals surface area contributed by atoms with Crippen LogP contribution in [0.4, 0.5) is 0 Å². The average molecular weight is 182 g/mol. The molecule has 4 N–H and O–H groups in total. The standard InChI is InChI=1S/C6H14O4S/c7-3-1-2-4(8)5(9)6(10)11/h4-11H,1-3H2. The fourth-order valence-electron chi connectivity index (χ4n) is 0.670. The summed E-state index contributed by atoms with van der Waals surface area (Å²) in [6.45, 7) is -0.0353. The van der Waals surface area contributed by atoms with Crippen molar-refractivity contribution in [3.63, 3.8) is 0 Å². The molecule has 0 radical (unpaired) electrons. The maximum Gasteiger partial charge on any atom is 0.125 e. The van der Waals surface area contributed by atoms with Crippen molar-refractivity contribution >= 4 is 12.6 Å². The Hall–Kier alpha value is 0.190. The van der Waals surface area contributed by atoms with Crippen molar-refractivity contribution in [3.05, 3.63) is 0 Å². The summed E-state index contributed by atoms with van der Waals surface area (Å²) in [7, 11) is 0. The van der Waals surface area contributed by atoms with Gasteiger partial charge in [-0.15, -0.1) is 12.6 Å². The Kier molecular flexibility index (Phi) is 5.89. The van der Waals surface area contributed by atoms with Crippen LogP contribution in [-0.4, -0.2) is 44.7 Å². The number of aliphatic hydroxyl groups excluding tert-OH is 4. The van der Waals surface area contributed by atoms with Crippen LogP contribution in [0, 0.1) is 0 Å². The number of hydrogen-bond donors (Lipinski definition) is 5. The monoisotopic (exact) mass is 182 g/mol. The van der Waals surface area contributed by atoms with Crippen LogP contribution in [0.1, 0.15) is 12.8 Å². The highest BCUT2D eigenvalue weighted by Crippen LogP contribution is 2.08. The van der Waals surface area contributed by atoms with Crippen molar-refractivity contribution in [2.75, 3.05) is 6.61 Å². The number of thiol groups is 1. The smallest absolute Gasteiger partial charge is 0.125 e. The summed E-state index contributed by atoms with van der Waals surface area (Å²) in [5, 5.41) is 35.1. The Morgan fingerprint density at radius 3 is 2.09 bits per heavy atom. The van der Waals surface area contributed by atoms with E-state index in [2.05, 4.69) is 12.6 Å². The lowest BCUT2D eigenvalue weighted by Gasteiger charge is -2.18. The van der Waals surface area contributed by atoms with Gasteiger partial charge in [-0.25, -0.2) is 0 Å². The van der Waals surface area contributed by atoms with Gasteiger partial charge in [-0.2, -0.15) is 0 Å². The second kappa shape index (κ2) is 5.79. The predicted octanol–water partition coefficient (Wildman–Crippen LogP) is -1.27. The molecule has 0 aromatic carbocycles. The lowest BCUT2D eigenvalue weighted by molar-refractivity contribution is -0.0312. The van der Waals surface area contributed by atoms with E-state index in [1.54, 1.807) is 0 Å². The predicted molar refractivity (Wildman–Crippen MR) is 43.3 cm³/mol. The molecule has 0 amide bonds. The first-order valence-corrected chi connectivity index (χ1v) is 3.94. The molecule has 0 fully saturated rings. The van der Waals surface area contributed by atoms with Crippen molar-refractivity contribution < 1.29 is 20.4 Å². The molecule has 0 rings (SSSR count). The van der Waals surface area contributed by atoms with Gasteiger partial charge < -0.3 is 20.4 Å². The Bertz CT molecular complexity index is 98.6. The van der Waals surface area contributed by atoms with Crippen LogP contribution < -0.4 is 0 Å². The van der Waals surface area contributed by atoms with Crippen molar-refractivity contribution in [3.8, 4) is 0 Å². The molecular weight excluding hydrogens is 168 g/mol. The van der Waals surface area contributed by atoms with E-state index in [4.69, 9.17) is 20.4 Å². The zero-order chi connectivity index (χ0) is 8.85. The molecule has 0 saturated heterocycles. The Morgan fingerprint density at radius 1 is 1.18 bits per heavy atom. The van der Waals surface area contributed by atoms with Crippen LogP contribution in [0.2, 0.25) is 0 Å². The van der Waals surface area contributed by atoms with E-state index >= 15 is 0 Å². The molecule has 0 aliphatic heterocycles. The summed E-state index contributed by atoms with van der Waals surface area (Å²) in [5.41, 5.74) is -1.23. The van der Waals surface area contributed by atoms with Crippen molar-refractivity contribution in [2.24, 2.45) is 0 Å². The minimum absolute atomic E-state index is 0.0353. The number of aliphatic hydroxyl groups is 4. The third-order valence-corrected chi connectivity index (χ3v) is 1.66. The molecule has 0 aromatic heterocycles. The van der Waals surface area contributed by atoms with E-state index in [-0.39, 0.29) is 13.0 Å². The third-order valence-electron chi connectivity index (χ3n) is 1.36. The molecule has 0 bridgehead atoms. The summed E-state index contributed by atoms with van der Waals surface area (Å²) >= 11 is 3.54. The van der Waals surface area contributed by atoms with Crippen LogP contribution in [0.25, 0.3) is 0 Å². The molecule has 0 aromatic rings. The number of rotatable bonds is 5. The van der Waals surface area contributed by atoms with E-state index in [0.29, 0.717) is 6.42 Å². The molecule has 3 unspecified atom stereocenters. The maximum atomic E-state index is 9.05. The molecule has 0 heterocycles. The average Bonchev–Trinajstić information content (AvgIpc) is 1.98. The second-order valence-electron chi connectivity index (χ2n) is 2.34. The van der Waals surface area contributed by atoms with Crippen LogP contribution in [0.15, 0.2) is 0 Å². The maximum absolute atomic E-state index is 9.05. The highest BCUT2D eigenvalue weighted by Gasteiger charge is 2.20. The van der Waals surface area contributed by atoms with E-state index in [0.717, 1.165) is 0 Å². The first-order chi connectivity index (χ1) is 5.09. The van der Waals surface area contributed by atoms with Gasteiger partial charge in [-0.1, -0.05) is 0 Å².